The minimum Gasteiger partial charge on any atom is -0.477 e. The molecule has 1 N–H and O–H groups in total. The molecule has 0 bridgehead atoms. The van der Waals surface area contributed by atoms with Gasteiger partial charge in [0.05, 0.1) is 37.3 Å². The van der Waals surface area contributed by atoms with E-state index in [0.717, 1.165) is 61.5 Å². The molecule has 0 saturated carbocycles. The quantitative estimate of drug-likeness (QED) is 0.809. The van der Waals surface area contributed by atoms with Crippen LogP contribution in [0.2, 0.25) is 0 Å². The van der Waals surface area contributed by atoms with Gasteiger partial charge in [0.2, 0.25) is 11.8 Å². The largest absolute Gasteiger partial charge is 0.477 e. The Kier molecular flexibility index (Phi) is 5.24. The molecule has 9 nitrogen and oxygen atoms in total. The molecule has 2 saturated heterocycles. The smallest absolute Gasteiger partial charge is 0.230 e. The number of hydrogen-bond donors (Lipinski definition) is 1. The normalized spacial score (nSPS) is 22.7. The molecule has 5 rings (SSSR count). The molecule has 0 radical (unpaired) electrons. The third kappa shape index (κ3) is 3.89. The molecule has 0 spiro atoms. The Morgan fingerprint density at radius 1 is 1.21 bits per heavy atom. The predicted octanol–water partition coefficient (Wildman–Crippen LogP) is 1.45. The summed E-state index contributed by atoms with van der Waals surface area (Å²) in [5.74, 6) is 2.98. The van der Waals surface area contributed by atoms with Crippen molar-refractivity contribution in [1.82, 2.24) is 25.1 Å². The highest BCUT2D eigenvalue weighted by atomic mass is 16.5. The fourth-order valence-electron chi connectivity index (χ4n) is 4.49. The van der Waals surface area contributed by atoms with Crippen LogP contribution >= 0.6 is 0 Å². The van der Waals surface area contributed by atoms with E-state index in [1.807, 2.05) is 12.4 Å². The maximum Gasteiger partial charge on any atom is 0.230 e. The molecule has 2 aromatic rings. The van der Waals surface area contributed by atoms with Crippen molar-refractivity contribution >= 4 is 17.5 Å². The van der Waals surface area contributed by atoms with Crippen LogP contribution < -0.4 is 14.5 Å². The van der Waals surface area contributed by atoms with Gasteiger partial charge in [-0.15, -0.1) is 0 Å². The fourth-order valence-corrected chi connectivity index (χ4v) is 4.49. The number of piperidine rings is 1. The molecule has 3 aliphatic rings. The Bertz CT molecular complexity index is 822. The zero-order valence-corrected chi connectivity index (χ0v) is 17.0. The Labute approximate surface area is 171 Å². The van der Waals surface area contributed by atoms with Crippen molar-refractivity contribution in [1.29, 1.82) is 0 Å². The third-order valence-electron chi connectivity index (χ3n) is 6.04. The highest BCUT2D eigenvalue weighted by Gasteiger charge is 2.30. The van der Waals surface area contributed by atoms with Gasteiger partial charge in [0.1, 0.15) is 5.82 Å². The lowest BCUT2D eigenvalue weighted by molar-refractivity contribution is 0.121. The van der Waals surface area contributed by atoms with Crippen molar-refractivity contribution in [2.75, 3.05) is 69.4 Å². The molecular formula is C20H29N7O2. The molecule has 2 aromatic heterocycles. The number of H-pyrrole nitrogens is 1. The molecular weight excluding hydrogens is 370 g/mol. The van der Waals surface area contributed by atoms with Crippen LogP contribution in [-0.4, -0.2) is 84.7 Å². The highest BCUT2D eigenvalue weighted by molar-refractivity contribution is 5.68. The summed E-state index contributed by atoms with van der Waals surface area (Å²) in [6, 6.07) is 0. The maximum absolute atomic E-state index is 6.35. The molecule has 0 amide bonds. The number of nitrogens with zero attached hydrogens (tertiary/aromatic N) is 6. The predicted molar refractivity (Wildman–Crippen MR) is 110 cm³/mol. The summed E-state index contributed by atoms with van der Waals surface area (Å²) in [4.78, 5) is 16.6. The molecule has 1 unspecified atom stereocenters. The van der Waals surface area contributed by atoms with Gasteiger partial charge in [-0.3, -0.25) is 5.10 Å². The molecule has 0 aromatic carbocycles. The monoisotopic (exact) mass is 399 g/mol. The van der Waals surface area contributed by atoms with Crippen molar-refractivity contribution in [3.05, 3.63) is 18.0 Å². The number of fused-ring (bicyclic) bond motifs is 1. The Balaban J connectivity index is 1.43. The average Bonchev–Trinajstić information content (AvgIpc) is 3.42. The van der Waals surface area contributed by atoms with E-state index in [2.05, 4.69) is 31.9 Å². The minimum absolute atomic E-state index is 0.553. The Hall–Kier alpha value is -2.39. The van der Waals surface area contributed by atoms with Gasteiger partial charge in [0.25, 0.3) is 0 Å². The van der Waals surface area contributed by atoms with Gasteiger partial charge in [-0.1, -0.05) is 0 Å². The number of hydrogen-bond acceptors (Lipinski definition) is 8. The van der Waals surface area contributed by atoms with E-state index in [4.69, 9.17) is 19.4 Å². The Morgan fingerprint density at radius 3 is 2.90 bits per heavy atom. The standard InChI is InChI=1S/C20H29N7O2/c1-25-5-2-3-15(13-25)14-29-19-17-4-6-27(16-11-21-22-12-16)18(17)23-20(24-19)26-7-9-28-10-8-26/h11-12,15H,2-10,13-14H2,1H3,(H,21,22). The molecule has 3 aliphatic heterocycles. The topological polar surface area (TPSA) is 82.6 Å². The zero-order chi connectivity index (χ0) is 19.6. The number of nitrogens with one attached hydrogen (secondary N) is 1. The van der Waals surface area contributed by atoms with Gasteiger partial charge >= 0.3 is 0 Å². The fraction of sp³-hybridized carbons (Fsp3) is 0.650. The number of morpholine rings is 1. The van der Waals surface area contributed by atoms with Gasteiger partial charge < -0.3 is 24.2 Å². The number of anilines is 3. The van der Waals surface area contributed by atoms with Crippen LogP contribution in [0.5, 0.6) is 5.88 Å². The summed E-state index contributed by atoms with van der Waals surface area (Å²) in [5, 5.41) is 7.01. The molecule has 29 heavy (non-hydrogen) atoms. The number of aromatic amines is 1. The van der Waals surface area contributed by atoms with E-state index < -0.39 is 0 Å². The lowest BCUT2D eigenvalue weighted by Crippen LogP contribution is -2.37. The van der Waals surface area contributed by atoms with Crippen LogP contribution in [0.25, 0.3) is 0 Å². The van der Waals surface area contributed by atoms with E-state index in [9.17, 15) is 0 Å². The molecule has 2 fully saturated rings. The van der Waals surface area contributed by atoms with Gasteiger partial charge in [-0.05, 0) is 32.9 Å². The van der Waals surface area contributed by atoms with Gasteiger partial charge in [-0.2, -0.15) is 15.1 Å². The van der Waals surface area contributed by atoms with E-state index in [0.29, 0.717) is 25.7 Å². The lowest BCUT2D eigenvalue weighted by atomic mass is 10.00. The van der Waals surface area contributed by atoms with Crippen LogP contribution in [0, 0.1) is 5.92 Å². The van der Waals surface area contributed by atoms with Gasteiger partial charge in [0, 0.05) is 38.3 Å². The van der Waals surface area contributed by atoms with Crippen LogP contribution in [0.1, 0.15) is 18.4 Å². The van der Waals surface area contributed by atoms with Crippen LogP contribution in [-0.2, 0) is 11.2 Å². The number of aromatic nitrogens is 4. The van der Waals surface area contributed by atoms with Crippen LogP contribution in [0.4, 0.5) is 17.5 Å². The maximum atomic E-state index is 6.35. The second-order valence-electron chi connectivity index (χ2n) is 8.17. The molecule has 1 atom stereocenters. The first-order valence-electron chi connectivity index (χ1n) is 10.6. The summed E-state index contributed by atoms with van der Waals surface area (Å²) in [5.41, 5.74) is 2.13. The number of ether oxygens (including phenoxy) is 2. The van der Waals surface area contributed by atoms with Crippen LogP contribution in [0.3, 0.4) is 0 Å². The Morgan fingerprint density at radius 2 is 2.10 bits per heavy atom. The van der Waals surface area contributed by atoms with E-state index in [-0.39, 0.29) is 0 Å². The van der Waals surface area contributed by atoms with Crippen molar-refractivity contribution < 1.29 is 9.47 Å². The average molecular weight is 399 g/mol. The first kappa shape index (κ1) is 18.6. The summed E-state index contributed by atoms with van der Waals surface area (Å²) in [7, 11) is 2.19. The van der Waals surface area contributed by atoms with Crippen molar-refractivity contribution in [3.8, 4) is 5.88 Å². The number of rotatable bonds is 5. The number of likely N-dealkylation sites (tertiary alicyclic amines) is 1. The van der Waals surface area contributed by atoms with Gasteiger partial charge in [-0.25, -0.2) is 0 Å². The molecule has 5 heterocycles. The SMILES string of the molecule is CN1CCCC(COc2nc(N3CCOCC3)nc3c2CCN3c2cn[nH]c2)C1. The van der Waals surface area contributed by atoms with Crippen LogP contribution in [0.15, 0.2) is 12.4 Å². The molecule has 9 heteroatoms. The van der Waals surface area contributed by atoms with E-state index >= 15 is 0 Å². The highest BCUT2D eigenvalue weighted by Crippen LogP contribution is 2.38. The lowest BCUT2D eigenvalue weighted by Gasteiger charge is -2.30. The summed E-state index contributed by atoms with van der Waals surface area (Å²) in [6.07, 6.45) is 7.08. The first-order chi connectivity index (χ1) is 14.3. The van der Waals surface area contributed by atoms with Crippen molar-refractivity contribution in [2.45, 2.75) is 19.3 Å². The summed E-state index contributed by atoms with van der Waals surface area (Å²) in [6.45, 7) is 6.85. The summed E-state index contributed by atoms with van der Waals surface area (Å²) < 4.78 is 11.9. The molecule has 156 valence electrons. The van der Waals surface area contributed by atoms with Crippen molar-refractivity contribution in [2.24, 2.45) is 5.92 Å². The summed E-state index contributed by atoms with van der Waals surface area (Å²) >= 11 is 0. The second-order valence-corrected chi connectivity index (χ2v) is 8.17. The second kappa shape index (κ2) is 8.16. The third-order valence-corrected chi connectivity index (χ3v) is 6.04. The van der Waals surface area contributed by atoms with E-state index in [1.165, 1.54) is 19.4 Å². The minimum atomic E-state index is 0.553. The molecule has 0 aliphatic carbocycles. The first-order valence-corrected chi connectivity index (χ1v) is 10.6. The van der Waals surface area contributed by atoms with Gasteiger partial charge in [0.15, 0.2) is 0 Å². The zero-order valence-electron chi connectivity index (χ0n) is 17.0. The van der Waals surface area contributed by atoms with Crippen molar-refractivity contribution in [3.63, 3.8) is 0 Å². The van der Waals surface area contributed by atoms with E-state index in [1.54, 1.807) is 0 Å².